The number of benzene rings is 2. The summed E-state index contributed by atoms with van der Waals surface area (Å²) in [5.74, 6) is 0.822. The summed E-state index contributed by atoms with van der Waals surface area (Å²) >= 11 is 6.28. The third-order valence-corrected chi connectivity index (χ3v) is 5.07. The van der Waals surface area contributed by atoms with Gasteiger partial charge in [-0.15, -0.1) is 0 Å². The van der Waals surface area contributed by atoms with Crippen LogP contribution in [0.15, 0.2) is 48.5 Å². The minimum atomic E-state index is -0.0177. The van der Waals surface area contributed by atoms with Gasteiger partial charge < -0.3 is 10.1 Å². The van der Waals surface area contributed by atoms with Crippen molar-refractivity contribution in [1.82, 2.24) is 4.90 Å². The molecule has 0 radical (unpaired) electrons. The first kappa shape index (κ1) is 19.7. The second-order valence-electron chi connectivity index (χ2n) is 7.35. The molecule has 1 aliphatic heterocycles. The molecule has 0 bridgehead atoms. The molecule has 0 saturated carbocycles. The van der Waals surface area contributed by atoms with Crippen LogP contribution in [-0.2, 0) is 11.3 Å². The van der Waals surface area contributed by atoms with Crippen molar-refractivity contribution >= 4 is 23.2 Å². The lowest BCUT2D eigenvalue weighted by Gasteiger charge is -2.32. The number of nitrogens with zero attached hydrogens (tertiary/aromatic N) is 1. The van der Waals surface area contributed by atoms with Gasteiger partial charge in [-0.25, -0.2) is 0 Å². The highest BCUT2D eigenvalue weighted by atomic mass is 35.5. The molecule has 144 valence electrons. The summed E-state index contributed by atoms with van der Waals surface area (Å²) in [4.78, 5) is 15.1. The van der Waals surface area contributed by atoms with E-state index in [4.69, 9.17) is 16.3 Å². The topological polar surface area (TPSA) is 41.6 Å². The summed E-state index contributed by atoms with van der Waals surface area (Å²) in [7, 11) is 0. The smallest absolute Gasteiger partial charge is 0.228 e. The Balaban J connectivity index is 1.59. The predicted octanol–water partition coefficient (Wildman–Crippen LogP) is 4.98. The van der Waals surface area contributed by atoms with Crippen molar-refractivity contribution in [3.05, 3.63) is 59.1 Å². The number of halogens is 1. The molecule has 1 saturated heterocycles. The number of carbonyl (C=O) groups excluding carboxylic acids is 1. The zero-order valence-electron chi connectivity index (χ0n) is 16.0. The Labute approximate surface area is 166 Å². The first-order valence-electron chi connectivity index (χ1n) is 9.54. The fourth-order valence-electron chi connectivity index (χ4n) is 3.44. The van der Waals surface area contributed by atoms with E-state index in [2.05, 4.69) is 10.2 Å². The number of nitrogens with one attached hydrogen (secondary N) is 1. The molecule has 0 aromatic heterocycles. The van der Waals surface area contributed by atoms with Gasteiger partial charge in [-0.05, 0) is 57.0 Å². The molecule has 0 unspecified atom stereocenters. The molecule has 1 heterocycles. The molecule has 3 rings (SSSR count). The molecular weight excluding hydrogens is 360 g/mol. The average molecular weight is 387 g/mol. The van der Waals surface area contributed by atoms with E-state index in [1.165, 1.54) is 0 Å². The highest BCUT2D eigenvalue weighted by molar-refractivity contribution is 6.31. The van der Waals surface area contributed by atoms with E-state index in [0.29, 0.717) is 0 Å². The molecule has 1 amide bonds. The van der Waals surface area contributed by atoms with Crippen LogP contribution in [-0.4, -0.2) is 30.0 Å². The molecule has 1 N–H and O–H groups in total. The van der Waals surface area contributed by atoms with Gasteiger partial charge in [-0.2, -0.15) is 0 Å². The number of piperidine rings is 1. The van der Waals surface area contributed by atoms with Crippen LogP contribution in [0, 0.1) is 5.92 Å². The van der Waals surface area contributed by atoms with Gasteiger partial charge in [0.1, 0.15) is 5.75 Å². The lowest BCUT2D eigenvalue weighted by atomic mass is 9.96. The van der Waals surface area contributed by atoms with E-state index < -0.39 is 0 Å². The van der Waals surface area contributed by atoms with E-state index >= 15 is 0 Å². The number of hydrogen-bond donors (Lipinski definition) is 1. The molecule has 1 atom stereocenters. The third-order valence-electron chi connectivity index (χ3n) is 4.70. The number of anilines is 1. The summed E-state index contributed by atoms with van der Waals surface area (Å²) in [6, 6.07) is 15.5. The second-order valence-corrected chi connectivity index (χ2v) is 7.76. The van der Waals surface area contributed by atoms with Crippen molar-refractivity contribution in [1.29, 1.82) is 0 Å². The Morgan fingerprint density at radius 3 is 2.85 bits per heavy atom. The van der Waals surface area contributed by atoms with Crippen LogP contribution in [0.3, 0.4) is 0 Å². The number of amides is 1. The average Bonchev–Trinajstić information content (AvgIpc) is 2.64. The van der Waals surface area contributed by atoms with Crippen LogP contribution >= 0.6 is 11.6 Å². The van der Waals surface area contributed by atoms with Crippen molar-refractivity contribution in [2.24, 2.45) is 5.92 Å². The van der Waals surface area contributed by atoms with Crippen LogP contribution in [0.5, 0.6) is 5.75 Å². The highest BCUT2D eigenvalue weighted by Crippen LogP contribution is 2.24. The first-order chi connectivity index (χ1) is 13.0. The number of likely N-dealkylation sites (tertiary alicyclic amines) is 1. The molecule has 1 fully saturated rings. The fraction of sp³-hybridized carbons (Fsp3) is 0.409. The summed E-state index contributed by atoms with van der Waals surface area (Å²) in [5, 5.41) is 3.83. The Hall–Kier alpha value is -2.04. The normalized spacial score (nSPS) is 17.7. The van der Waals surface area contributed by atoms with Gasteiger partial charge in [0, 0.05) is 29.9 Å². The van der Waals surface area contributed by atoms with Gasteiger partial charge in [0.2, 0.25) is 5.91 Å². The number of carbonyl (C=O) groups is 1. The maximum Gasteiger partial charge on any atom is 0.228 e. The number of rotatable bonds is 6. The monoisotopic (exact) mass is 386 g/mol. The molecule has 2 aromatic rings. The lowest BCUT2D eigenvalue weighted by Crippen LogP contribution is -2.40. The van der Waals surface area contributed by atoms with Gasteiger partial charge >= 0.3 is 0 Å². The van der Waals surface area contributed by atoms with Gasteiger partial charge in [0.15, 0.2) is 0 Å². The molecule has 4 nitrogen and oxygen atoms in total. The lowest BCUT2D eigenvalue weighted by molar-refractivity contribution is -0.121. The first-order valence-corrected chi connectivity index (χ1v) is 9.92. The van der Waals surface area contributed by atoms with E-state index in [9.17, 15) is 4.79 Å². The van der Waals surface area contributed by atoms with Crippen LogP contribution in [0.4, 0.5) is 5.69 Å². The summed E-state index contributed by atoms with van der Waals surface area (Å²) in [6.45, 7) is 6.49. The van der Waals surface area contributed by atoms with Crippen LogP contribution in [0.25, 0.3) is 0 Å². The SMILES string of the molecule is CC(C)Oc1cccc(NC(=O)[C@H]2CCCN(Cc3ccccc3Cl)C2)c1. The van der Waals surface area contributed by atoms with Crippen LogP contribution < -0.4 is 10.1 Å². The molecule has 1 aliphatic rings. The minimum Gasteiger partial charge on any atom is -0.491 e. The molecule has 0 aliphatic carbocycles. The predicted molar refractivity (Wildman–Crippen MR) is 110 cm³/mol. The van der Waals surface area contributed by atoms with Crippen molar-refractivity contribution in [2.45, 2.75) is 39.3 Å². The zero-order chi connectivity index (χ0) is 19.2. The summed E-state index contributed by atoms with van der Waals surface area (Å²) in [5.41, 5.74) is 1.89. The van der Waals surface area contributed by atoms with E-state index in [1.54, 1.807) is 0 Å². The molecule has 2 aromatic carbocycles. The Morgan fingerprint density at radius 1 is 1.26 bits per heavy atom. The van der Waals surface area contributed by atoms with E-state index in [1.807, 2.05) is 62.4 Å². The molecule has 27 heavy (non-hydrogen) atoms. The molecular formula is C22H27ClN2O2. The molecule has 5 heteroatoms. The van der Waals surface area contributed by atoms with Crippen molar-refractivity contribution < 1.29 is 9.53 Å². The van der Waals surface area contributed by atoms with Crippen LogP contribution in [0.1, 0.15) is 32.3 Å². The number of ether oxygens (including phenoxy) is 1. The van der Waals surface area contributed by atoms with Gasteiger partial charge in [-0.1, -0.05) is 35.9 Å². The Bertz CT molecular complexity index is 778. The summed E-state index contributed by atoms with van der Waals surface area (Å²) < 4.78 is 5.70. The van der Waals surface area contributed by atoms with Crippen molar-refractivity contribution in [3.63, 3.8) is 0 Å². The van der Waals surface area contributed by atoms with Crippen molar-refractivity contribution in [3.8, 4) is 5.75 Å². The zero-order valence-corrected chi connectivity index (χ0v) is 16.7. The Morgan fingerprint density at radius 2 is 2.07 bits per heavy atom. The minimum absolute atomic E-state index is 0.0177. The second kappa shape index (κ2) is 9.25. The van der Waals surface area contributed by atoms with Crippen LogP contribution in [0.2, 0.25) is 5.02 Å². The van der Waals surface area contributed by atoms with Crippen molar-refractivity contribution in [2.75, 3.05) is 18.4 Å². The van der Waals surface area contributed by atoms with E-state index in [0.717, 1.165) is 54.5 Å². The summed E-state index contributed by atoms with van der Waals surface area (Å²) in [6.07, 6.45) is 2.03. The molecule has 0 spiro atoms. The maximum absolute atomic E-state index is 12.8. The van der Waals surface area contributed by atoms with E-state index in [-0.39, 0.29) is 17.9 Å². The number of hydrogen-bond acceptors (Lipinski definition) is 3. The largest absolute Gasteiger partial charge is 0.491 e. The maximum atomic E-state index is 12.8. The third kappa shape index (κ3) is 5.72. The van der Waals surface area contributed by atoms with Gasteiger partial charge in [-0.3, -0.25) is 9.69 Å². The quantitative estimate of drug-likeness (QED) is 0.761. The van der Waals surface area contributed by atoms with Gasteiger partial charge in [0.25, 0.3) is 0 Å². The standard InChI is InChI=1S/C22H27ClN2O2/c1-16(2)27-20-10-5-9-19(13-20)24-22(26)18-8-6-12-25(15-18)14-17-7-3-4-11-21(17)23/h3-5,7,9-11,13,16,18H,6,8,12,14-15H2,1-2H3,(H,24,26)/t18-/m0/s1. The van der Waals surface area contributed by atoms with Gasteiger partial charge in [0.05, 0.1) is 12.0 Å². The Kier molecular flexibility index (Phi) is 6.75. The fourth-order valence-corrected chi connectivity index (χ4v) is 3.64. The highest BCUT2D eigenvalue weighted by Gasteiger charge is 2.26.